The molecule has 8 heteroatoms. The average molecular weight is 390 g/mol. The van der Waals surface area contributed by atoms with Crippen molar-refractivity contribution in [3.05, 3.63) is 60.7 Å². The van der Waals surface area contributed by atoms with Gasteiger partial charge in [-0.3, -0.25) is 9.52 Å². The molecule has 27 heavy (non-hydrogen) atoms. The first kappa shape index (κ1) is 20.3. The molecule has 0 aromatic heterocycles. The van der Waals surface area contributed by atoms with Crippen LogP contribution in [0.3, 0.4) is 0 Å². The van der Waals surface area contributed by atoms with Crippen molar-refractivity contribution in [2.45, 2.75) is 11.8 Å². The van der Waals surface area contributed by atoms with Gasteiger partial charge in [0.25, 0.3) is 15.9 Å². The molecule has 2 N–H and O–H groups in total. The van der Waals surface area contributed by atoms with Crippen LogP contribution in [0.1, 0.15) is 5.56 Å². The first-order valence-electron chi connectivity index (χ1n) is 8.13. The predicted molar refractivity (Wildman–Crippen MR) is 104 cm³/mol. The molecule has 0 heterocycles. The van der Waals surface area contributed by atoms with E-state index in [2.05, 4.69) is 16.6 Å². The van der Waals surface area contributed by atoms with Crippen LogP contribution in [0.25, 0.3) is 0 Å². The highest BCUT2D eigenvalue weighted by Crippen LogP contribution is 2.24. The lowest BCUT2D eigenvalue weighted by Crippen LogP contribution is -2.28. The first-order valence-corrected chi connectivity index (χ1v) is 9.62. The van der Waals surface area contributed by atoms with E-state index in [1.54, 1.807) is 37.3 Å². The maximum Gasteiger partial charge on any atom is 0.261 e. The fourth-order valence-corrected chi connectivity index (χ4v) is 3.35. The van der Waals surface area contributed by atoms with Gasteiger partial charge in [0.05, 0.1) is 12.0 Å². The Morgan fingerprint density at radius 1 is 1.19 bits per heavy atom. The third kappa shape index (κ3) is 5.75. The summed E-state index contributed by atoms with van der Waals surface area (Å²) in [4.78, 5) is 11.7. The summed E-state index contributed by atoms with van der Waals surface area (Å²) in [6.45, 7) is 5.42. The molecular formula is C19H22N2O5S. The van der Waals surface area contributed by atoms with Gasteiger partial charge >= 0.3 is 0 Å². The van der Waals surface area contributed by atoms with Crippen molar-refractivity contribution in [3.8, 4) is 11.5 Å². The van der Waals surface area contributed by atoms with E-state index in [1.165, 1.54) is 25.3 Å². The van der Waals surface area contributed by atoms with Crippen LogP contribution in [0.2, 0.25) is 0 Å². The SMILES string of the molecule is C=CCNC(=O)COc1ccc(S(=O)(=O)Nc2ccc(OC)cc2)cc1C. The zero-order valence-corrected chi connectivity index (χ0v) is 16.0. The minimum absolute atomic E-state index is 0.0966. The normalized spacial score (nSPS) is 10.7. The third-order valence-corrected chi connectivity index (χ3v) is 4.98. The molecule has 0 fully saturated rings. The number of rotatable bonds is 9. The fourth-order valence-electron chi connectivity index (χ4n) is 2.20. The van der Waals surface area contributed by atoms with Crippen LogP contribution >= 0.6 is 0 Å². The molecule has 0 saturated heterocycles. The Kier molecular flexibility index (Phi) is 6.84. The summed E-state index contributed by atoms with van der Waals surface area (Å²) in [6.07, 6.45) is 1.57. The van der Waals surface area contributed by atoms with E-state index in [0.29, 0.717) is 29.3 Å². The molecule has 2 rings (SSSR count). The maximum atomic E-state index is 12.5. The number of sulfonamides is 1. The number of carbonyl (C=O) groups is 1. The lowest BCUT2D eigenvalue weighted by Gasteiger charge is -2.12. The van der Waals surface area contributed by atoms with Crippen molar-refractivity contribution < 1.29 is 22.7 Å². The number of hydrogen-bond donors (Lipinski definition) is 2. The second kappa shape index (κ2) is 9.09. The largest absolute Gasteiger partial charge is 0.497 e. The van der Waals surface area contributed by atoms with E-state index < -0.39 is 10.0 Å². The predicted octanol–water partition coefficient (Wildman–Crippen LogP) is 2.49. The molecule has 0 aliphatic carbocycles. The van der Waals surface area contributed by atoms with Gasteiger partial charge in [-0.15, -0.1) is 6.58 Å². The molecule has 0 aliphatic heterocycles. The summed E-state index contributed by atoms with van der Waals surface area (Å²) in [7, 11) is -2.22. The number of methoxy groups -OCH3 is 1. The lowest BCUT2D eigenvalue weighted by atomic mass is 10.2. The fraction of sp³-hybridized carbons (Fsp3) is 0.211. The standard InChI is InChI=1S/C19H22N2O5S/c1-4-11-20-19(22)13-26-18-10-9-17(12-14(18)2)27(23,24)21-15-5-7-16(25-3)8-6-15/h4-10,12,21H,1,11,13H2,2-3H3,(H,20,22). The van der Waals surface area contributed by atoms with E-state index in [0.717, 1.165) is 0 Å². The molecule has 2 aromatic rings. The Balaban J connectivity index is 2.07. The van der Waals surface area contributed by atoms with Crippen molar-refractivity contribution in [3.63, 3.8) is 0 Å². The number of hydrogen-bond acceptors (Lipinski definition) is 5. The Morgan fingerprint density at radius 3 is 2.48 bits per heavy atom. The van der Waals surface area contributed by atoms with Gasteiger partial charge in [0.1, 0.15) is 11.5 Å². The number of carbonyl (C=O) groups excluding carboxylic acids is 1. The van der Waals surface area contributed by atoms with Gasteiger partial charge in [0, 0.05) is 12.2 Å². The molecule has 0 aliphatic rings. The summed E-state index contributed by atoms with van der Waals surface area (Å²) in [5.41, 5.74) is 1.02. The van der Waals surface area contributed by atoms with Crippen LogP contribution in [0, 0.1) is 6.92 Å². The van der Waals surface area contributed by atoms with Gasteiger partial charge in [0.15, 0.2) is 6.61 Å². The molecule has 0 saturated carbocycles. The van der Waals surface area contributed by atoms with Crippen LogP contribution in [0.15, 0.2) is 60.0 Å². The molecule has 2 aromatic carbocycles. The summed E-state index contributed by atoms with van der Waals surface area (Å²) >= 11 is 0. The molecule has 0 bridgehead atoms. The molecule has 7 nitrogen and oxygen atoms in total. The van der Waals surface area contributed by atoms with Crippen LogP contribution < -0.4 is 19.5 Å². The second-order valence-electron chi connectivity index (χ2n) is 5.64. The number of benzene rings is 2. The van der Waals surface area contributed by atoms with E-state index in [-0.39, 0.29) is 17.4 Å². The molecule has 0 spiro atoms. The summed E-state index contributed by atoms with van der Waals surface area (Å²) in [6, 6.07) is 11.0. The molecular weight excluding hydrogens is 368 g/mol. The first-order chi connectivity index (χ1) is 12.9. The smallest absolute Gasteiger partial charge is 0.261 e. The highest BCUT2D eigenvalue weighted by Gasteiger charge is 2.16. The monoisotopic (exact) mass is 390 g/mol. The van der Waals surface area contributed by atoms with Gasteiger partial charge in [-0.1, -0.05) is 6.08 Å². The minimum atomic E-state index is -3.75. The van der Waals surface area contributed by atoms with Crippen molar-refractivity contribution in [2.75, 3.05) is 25.0 Å². The summed E-state index contributed by atoms with van der Waals surface area (Å²) in [5.74, 6) is 0.784. The van der Waals surface area contributed by atoms with E-state index in [1.807, 2.05) is 0 Å². The zero-order valence-electron chi connectivity index (χ0n) is 15.2. The van der Waals surface area contributed by atoms with Crippen molar-refractivity contribution in [1.82, 2.24) is 5.32 Å². The summed E-state index contributed by atoms with van der Waals surface area (Å²) < 4.78 is 38.1. The van der Waals surface area contributed by atoms with Gasteiger partial charge in [-0.25, -0.2) is 8.42 Å². The maximum absolute atomic E-state index is 12.5. The quantitative estimate of drug-likeness (QED) is 0.642. The van der Waals surface area contributed by atoms with Crippen LogP contribution in [-0.2, 0) is 14.8 Å². The Bertz CT molecular complexity index is 908. The summed E-state index contributed by atoms with van der Waals surface area (Å²) in [5, 5.41) is 2.60. The van der Waals surface area contributed by atoms with Crippen LogP contribution in [0.4, 0.5) is 5.69 Å². The number of aryl methyl sites for hydroxylation is 1. The molecule has 0 atom stereocenters. The zero-order chi connectivity index (χ0) is 19.9. The number of amides is 1. The van der Waals surface area contributed by atoms with Crippen molar-refractivity contribution in [2.24, 2.45) is 0 Å². The third-order valence-electron chi connectivity index (χ3n) is 3.60. The molecule has 1 amide bonds. The van der Waals surface area contributed by atoms with Crippen molar-refractivity contribution in [1.29, 1.82) is 0 Å². The molecule has 144 valence electrons. The average Bonchev–Trinajstić information content (AvgIpc) is 2.65. The highest BCUT2D eigenvalue weighted by molar-refractivity contribution is 7.92. The topological polar surface area (TPSA) is 93.7 Å². The van der Waals surface area contributed by atoms with Gasteiger partial charge < -0.3 is 14.8 Å². The van der Waals surface area contributed by atoms with E-state index >= 15 is 0 Å². The van der Waals surface area contributed by atoms with Gasteiger partial charge in [-0.2, -0.15) is 0 Å². The van der Waals surface area contributed by atoms with E-state index in [4.69, 9.17) is 9.47 Å². The Morgan fingerprint density at radius 2 is 1.89 bits per heavy atom. The van der Waals surface area contributed by atoms with Gasteiger partial charge in [-0.05, 0) is 55.0 Å². The minimum Gasteiger partial charge on any atom is -0.497 e. The van der Waals surface area contributed by atoms with E-state index in [9.17, 15) is 13.2 Å². The number of ether oxygens (including phenoxy) is 2. The number of anilines is 1. The van der Waals surface area contributed by atoms with Crippen molar-refractivity contribution >= 4 is 21.6 Å². The molecule has 0 radical (unpaired) electrons. The molecule has 0 unspecified atom stereocenters. The Hall–Kier alpha value is -3.00. The van der Waals surface area contributed by atoms with Crippen LogP contribution in [-0.4, -0.2) is 34.6 Å². The Labute approximate surface area is 159 Å². The lowest BCUT2D eigenvalue weighted by molar-refractivity contribution is -0.122. The van der Waals surface area contributed by atoms with Gasteiger partial charge in [0.2, 0.25) is 0 Å². The van der Waals surface area contributed by atoms with Crippen LogP contribution in [0.5, 0.6) is 11.5 Å². The number of nitrogens with one attached hydrogen (secondary N) is 2. The second-order valence-corrected chi connectivity index (χ2v) is 7.33. The highest BCUT2D eigenvalue weighted by atomic mass is 32.2.